The maximum atomic E-state index is 11.7. The number of fused-ring (bicyclic) bond motifs is 3. The van der Waals surface area contributed by atoms with Gasteiger partial charge in [-0.25, -0.2) is 14.5 Å². The van der Waals surface area contributed by atoms with Crippen LogP contribution in [0, 0.1) is 6.92 Å². The Morgan fingerprint density at radius 1 is 0.933 bits per heavy atom. The van der Waals surface area contributed by atoms with Crippen molar-refractivity contribution in [2.45, 2.75) is 58.9 Å². The fraction of sp³-hybridized carbons (Fsp3) is 0.375. The summed E-state index contributed by atoms with van der Waals surface area (Å²) in [5.41, 5.74) is 11.4. The van der Waals surface area contributed by atoms with E-state index in [9.17, 15) is 23.9 Å². The van der Waals surface area contributed by atoms with E-state index in [4.69, 9.17) is 20.0 Å². The van der Waals surface area contributed by atoms with Gasteiger partial charge in [0, 0.05) is 50.3 Å². The number of aryl methyl sites for hydroxylation is 3. The summed E-state index contributed by atoms with van der Waals surface area (Å²) in [4.78, 5) is 52.6. The molecule has 4 aromatic rings. The maximum Gasteiger partial charge on any atom is 0.524 e. The molecule has 2 aromatic carbocycles. The molecule has 4 N–H and O–H groups in total. The SMILES string of the molecule is CCCCc1nc2c(N)nc3ccc(CCCOCCCN4C(=O)C=CC4=O)cc3c2n1Cc1ccc(OP(=O)(O)O)c(C)c1. The molecule has 0 atom stereocenters. The van der Waals surface area contributed by atoms with E-state index in [0.717, 1.165) is 65.5 Å². The number of pyridine rings is 1. The Bertz CT molecular complexity index is 1800. The van der Waals surface area contributed by atoms with E-state index in [1.165, 1.54) is 17.1 Å². The molecule has 2 aromatic heterocycles. The molecule has 2 amide bonds. The van der Waals surface area contributed by atoms with Crippen LogP contribution in [0.5, 0.6) is 5.75 Å². The maximum absolute atomic E-state index is 11.7. The van der Waals surface area contributed by atoms with Crippen molar-refractivity contribution in [3.8, 4) is 5.75 Å². The van der Waals surface area contributed by atoms with Crippen molar-refractivity contribution < 1.29 is 33.2 Å². The molecule has 1 aliphatic heterocycles. The first-order valence-electron chi connectivity index (χ1n) is 15.1. The number of imidazole rings is 1. The lowest BCUT2D eigenvalue weighted by atomic mass is 10.1. The zero-order valence-corrected chi connectivity index (χ0v) is 26.3. The van der Waals surface area contributed by atoms with Gasteiger partial charge < -0.3 is 19.6 Å². The van der Waals surface area contributed by atoms with Crippen molar-refractivity contribution >= 4 is 47.4 Å². The summed E-state index contributed by atoms with van der Waals surface area (Å²) < 4.78 is 24.1. The molecule has 1 aliphatic rings. The molecule has 0 fully saturated rings. The third-order valence-electron chi connectivity index (χ3n) is 7.72. The summed E-state index contributed by atoms with van der Waals surface area (Å²) in [6.07, 6.45) is 7.46. The summed E-state index contributed by atoms with van der Waals surface area (Å²) in [6.45, 7) is 5.72. The third kappa shape index (κ3) is 7.77. The predicted molar refractivity (Wildman–Crippen MR) is 171 cm³/mol. The minimum absolute atomic E-state index is 0.135. The monoisotopic (exact) mass is 635 g/mol. The highest BCUT2D eigenvalue weighted by Crippen LogP contribution is 2.39. The summed E-state index contributed by atoms with van der Waals surface area (Å²) in [5, 5.41) is 0.944. The van der Waals surface area contributed by atoms with Gasteiger partial charge in [-0.1, -0.05) is 31.5 Å². The lowest BCUT2D eigenvalue weighted by Gasteiger charge is -2.14. The highest BCUT2D eigenvalue weighted by Gasteiger charge is 2.23. The minimum Gasteiger partial charge on any atom is -0.404 e. The zero-order chi connectivity index (χ0) is 32.1. The smallest absolute Gasteiger partial charge is 0.404 e. The number of nitrogens with two attached hydrogens (primary N) is 1. The van der Waals surface area contributed by atoms with E-state index < -0.39 is 7.82 Å². The van der Waals surface area contributed by atoms with Crippen LogP contribution in [0.1, 0.15) is 55.1 Å². The van der Waals surface area contributed by atoms with Gasteiger partial charge in [-0.05, 0) is 67.5 Å². The number of unbranched alkanes of at least 4 members (excludes halogenated alkanes) is 1. The normalized spacial score (nSPS) is 13.6. The van der Waals surface area contributed by atoms with Crippen molar-refractivity contribution in [2.75, 3.05) is 25.5 Å². The van der Waals surface area contributed by atoms with Gasteiger partial charge in [0.05, 0.1) is 11.0 Å². The number of carbonyl (C=O) groups excluding carboxylic acids is 2. The third-order valence-corrected chi connectivity index (χ3v) is 8.16. The number of amides is 2. The number of anilines is 1. The average Bonchev–Trinajstić information content (AvgIpc) is 3.51. The van der Waals surface area contributed by atoms with Gasteiger partial charge in [0.15, 0.2) is 5.82 Å². The van der Waals surface area contributed by atoms with Crippen LogP contribution >= 0.6 is 7.82 Å². The standard InChI is InChI=1S/C32H38N5O7P/c1-3-4-8-27-35-30-31(37(27)20-23-10-12-26(21(2)18-23)44-45(40,41)42)24-19-22(9-11-25(24)34-32(30)33)7-5-16-43-17-6-15-36-28(38)13-14-29(36)39/h9-14,18-19H,3-8,15-17,20H2,1-2H3,(H2,33,34)(H2,40,41,42). The number of rotatable bonds is 15. The molecule has 0 aliphatic carbocycles. The molecular weight excluding hydrogens is 597 g/mol. The van der Waals surface area contributed by atoms with Crippen LogP contribution in [0.25, 0.3) is 21.9 Å². The van der Waals surface area contributed by atoms with Crippen LogP contribution in [-0.4, -0.2) is 60.8 Å². The molecule has 0 unspecified atom stereocenters. The van der Waals surface area contributed by atoms with E-state index in [-0.39, 0.29) is 17.6 Å². The minimum atomic E-state index is -4.67. The van der Waals surface area contributed by atoms with Crippen molar-refractivity contribution in [2.24, 2.45) is 0 Å². The fourth-order valence-electron chi connectivity index (χ4n) is 5.54. The first-order chi connectivity index (χ1) is 21.5. The number of phosphoric ester groups is 1. The second-order valence-corrected chi connectivity index (χ2v) is 12.3. The summed E-state index contributed by atoms with van der Waals surface area (Å²) in [5.74, 6) is 0.843. The van der Waals surface area contributed by atoms with Crippen LogP contribution in [0.15, 0.2) is 48.6 Å². The molecule has 5 rings (SSSR count). The summed E-state index contributed by atoms with van der Waals surface area (Å²) in [6, 6.07) is 11.4. The Labute approximate surface area is 261 Å². The van der Waals surface area contributed by atoms with Crippen molar-refractivity contribution in [1.82, 2.24) is 19.4 Å². The molecule has 12 nitrogen and oxygen atoms in total. The number of nitrogens with zero attached hydrogens (tertiary/aromatic N) is 4. The average molecular weight is 636 g/mol. The zero-order valence-electron chi connectivity index (χ0n) is 25.4. The van der Waals surface area contributed by atoms with Crippen LogP contribution in [0.2, 0.25) is 0 Å². The van der Waals surface area contributed by atoms with Crippen LogP contribution in [0.3, 0.4) is 0 Å². The molecule has 3 heterocycles. The molecule has 0 saturated heterocycles. The van der Waals surface area contributed by atoms with Gasteiger partial charge in [-0.2, -0.15) is 0 Å². The van der Waals surface area contributed by atoms with Crippen molar-refractivity contribution in [3.05, 3.63) is 71.1 Å². The van der Waals surface area contributed by atoms with E-state index >= 15 is 0 Å². The van der Waals surface area contributed by atoms with E-state index in [2.05, 4.69) is 22.5 Å². The number of nitrogen functional groups attached to an aromatic ring is 1. The molecule has 45 heavy (non-hydrogen) atoms. The second-order valence-electron chi connectivity index (χ2n) is 11.2. The van der Waals surface area contributed by atoms with Crippen molar-refractivity contribution in [3.63, 3.8) is 0 Å². The number of hydrogen-bond donors (Lipinski definition) is 3. The van der Waals surface area contributed by atoms with Gasteiger partial charge in [0.2, 0.25) is 0 Å². The van der Waals surface area contributed by atoms with E-state index in [1.54, 1.807) is 19.1 Å². The number of aromatic nitrogens is 3. The number of imide groups is 1. The first kappa shape index (κ1) is 32.3. The molecule has 0 radical (unpaired) electrons. The lowest BCUT2D eigenvalue weighted by Crippen LogP contribution is -2.31. The fourth-order valence-corrected chi connectivity index (χ4v) is 6.00. The molecule has 0 spiro atoms. The van der Waals surface area contributed by atoms with E-state index in [0.29, 0.717) is 49.6 Å². The Kier molecular flexibility index (Phi) is 9.99. The largest absolute Gasteiger partial charge is 0.524 e. The van der Waals surface area contributed by atoms with Crippen LogP contribution in [0.4, 0.5) is 5.82 Å². The quantitative estimate of drug-likeness (QED) is 0.0953. The summed E-state index contributed by atoms with van der Waals surface area (Å²) in [7, 11) is -4.67. The molecular formula is C32H38N5O7P. The van der Waals surface area contributed by atoms with Gasteiger partial charge in [-0.3, -0.25) is 24.3 Å². The highest BCUT2D eigenvalue weighted by atomic mass is 31.2. The number of phosphoric acid groups is 1. The molecule has 0 saturated carbocycles. The number of benzene rings is 2. The van der Waals surface area contributed by atoms with Crippen LogP contribution < -0.4 is 10.3 Å². The van der Waals surface area contributed by atoms with Gasteiger partial charge in [0.1, 0.15) is 17.1 Å². The van der Waals surface area contributed by atoms with Gasteiger partial charge in [0.25, 0.3) is 11.8 Å². The number of ether oxygens (including phenoxy) is 1. The van der Waals surface area contributed by atoms with Crippen molar-refractivity contribution in [1.29, 1.82) is 0 Å². The number of hydrogen-bond acceptors (Lipinski definition) is 8. The molecule has 0 bridgehead atoms. The lowest BCUT2D eigenvalue weighted by molar-refractivity contribution is -0.136. The Morgan fingerprint density at radius 3 is 2.38 bits per heavy atom. The predicted octanol–water partition coefficient (Wildman–Crippen LogP) is 4.60. The summed E-state index contributed by atoms with van der Waals surface area (Å²) >= 11 is 0. The Morgan fingerprint density at radius 2 is 1.67 bits per heavy atom. The van der Waals surface area contributed by atoms with E-state index in [1.807, 2.05) is 18.2 Å². The van der Waals surface area contributed by atoms with Gasteiger partial charge >= 0.3 is 7.82 Å². The number of carbonyl (C=O) groups is 2. The highest BCUT2D eigenvalue weighted by molar-refractivity contribution is 7.46. The molecule has 238 valence electrons. The second kappa shape index (κ2) is 13.9. The van der Waals surface area contributed by atoms with Gasteiger partial charge in [-0.15, -0.1) is 0 Å². The Hall–Kier alpha value is -4.09. The topological polar surface area (TPSA) is 170 Å². The molecule has 13 heteroatoms. The first-order valence-corrected chi connectivity index (χ1v) is 16.6. The van der Waals surface area contributed by atoms with Crippen LogP contribution in [-0.2, 0) is 38.3 Å². The Balaban J connectivity index is 1.34.